The number of nitrogens with zero attached hydrogens (tertiary/aromatic N) is 2. The van der Waals surface area contributed by atoms with Gasteiger partial charge in [-0.25, -0.2) is 4.79 Å². The number of hydrogen-bond acceptors (Lipinski definition) is 6. The Bertz CT molecular complexity index is 1110. The number of hydrogen-bond donors (Lipinski definition) is 0. The van der Waals surface area contributed by atoms with Crippen LogP contribution in [0, 0.1) is 10.1 Å². The third kappa shape index (κ3) is 4.49. The van der Waals surface area contributed by atoms with Gasteiger partial charge in [-0.2, -0.15) is 0 Å². The van der Waals surface area contributed by atoms with Crippen LogP contribution in [0.3, 0.4) is 0 Å². The number of rotatable bonds is 4. The molecular weight excluding hydrogens is 412 g/mol. The molecule has 2 aromatic carbocycles. The second kappa shape index (κ2) is 9.89. The smallest absolute Gasteiger partial charge is 0.410 e. The van der Waals surface area contributed by atoms with E-state index in [-0.39, 0.29) is 24.4 Å². The monoisotopic (exact) mass is 442 g/mol. The van der Waals surface area contributed by atoms with Crippen LogP contribution in [-0.4, -0.2) is 35.1 Å². The molecule has 172 valence electrons. The van der Waals surface area contributed by atoms with Crippen molar-refractivity contribution in [2.45, 2.75) is 65.6 Å². The van der Waals surface area contributed by atoms with Crippen molar-refractivity contribution in [1.82, 2.24) is 4.90 Å². The van der Waals surface area contributed by atoms with Gasteiger partial charge in [-0.1, -0.05) is 13.8 Å². The number of nitro groups is 1. The molecular formula is C24H30N2O6. The van der Waals surface area contributed by atoms with Crippen molar-refractivity contribution in [2.75, 3.05) is 7.11 Å². The molecule has 32 heavy (non-hydrogen) atoms. The lowest BCUT2D eigenvalue weighted by atomic mass is 9.98. The fourth-order valence-electron chi connectivity index (χ4n) is 4.24. The minimum absolute atomic E-state index is 0.0894. The summed E-state index contributed by atoms with van der Waals surface area (Å²) in [5.41, 5.74) is 1.17. The maximum atomic E-state index is 12.7. The fourth-order valence-corrected chi connectivity index (χ4v) is 4.24. The van der Waals surface area contributed by atoms with Crippen LogP contribution >= 0.6 is 0 Å². The van der Waals surface area contributed by atoms with Crippen molar-refractivity contribution in [3.05, 3.63) is 46.0 Å². The summed E-state index contributed by atoms with van der Waals surface area (Å²) < 4.78 is 16.5. The Morgan fingerprint density at radius 1 is 1.12 bits per heavy atom. The molecule has 2 atom stereocenters. The molecule has 0 bridgehead atoms. The van der Waals surface area contributed by atoms with Gasteiger partial charge in [0.25, 0.3) is 5.69 Å². The van der Waals surface area contributed by atoms with Crippen molar-refractivity contribution in [2.24, 2.45) is 0 Å². The van der Waals surface area contributed by atoms with Gasteiger partial charge < -0.3 is 18.8 Å². The van der Waals surface area contributed by atoms with E-state index >= 15 is 0 Å². The number of furan rings is 1. The van der Waals surface area contributed by atoms with Gasteiger partial charge in [0.05, 0.1) is 23.7 Å². The van der Waals surface area contributed by atoms with E-state index in [1.54, 1.807) is 30.2 Å². The number of piperidine rings is 1. The first kappa shape index (κ1) is 23.4. The first-order valence-electron chi connectivity index (χ1n) is 11.0. The van der Waals surface area contributed by atoms with Crippen LogP contribution in [0.25, 0.3) is 21.9 Å². The zero-order valence-electron chi connectivity index (χ0n) is 19.2. The van der Waals surface area contributed by atoms with Gasteiger partial charge in [-0.3, -0.25) is 10.1 Å². The van der Waals surface area contributed by atoms with Crippen molar-refractivity contribution in [3.8, 4) is 5.75 Å². The average Bonchev–Trinajstić information content (AvgIpc) is 3.14. The highest BCUT2D eigenvalue weighted by atomic mass is 16.6. The lowest BCUT2D eigenvalue weighted by molar-refractivity contribution is -0.385. The van der Waals surface area contributed by atoms with E-state index in [0.29, 0.717) is 22.5 Å². The van der Waals surface area contributed by atoms with Crippen LogP contribution in [0.4, 0.5) is 10.5 Å². The molecule has 2 unspecified atom stereocenters. The number of carbonyl (C=O) groups excluding carboxylic acids is 1. The van der Waals surface area contributed by atoms with Gasteiger partial charge in [0.1, 0.15) is 23.5 Å². The van der Waals surface area contributed by atoms with Crippen molar-refractivity contribution < 1.29 is 23.6 Å². The summed E-state index contributed by atoms with van der Waals surface area (Å²) in [4.78, 5) is 25.5. The second-order valence-electron chi connectivity index (χ2n) is 7.79. The van der Waals surface area contributed by atoms with Gasteiger partial charge in [0.15, 0.2) is 0 Å². The van der Waals surface area contributed by atoms with Gasteiger partial charge in [-0.15, -0.1) is 0 Å². The summed E-state index contributed by atoms with van der Waals surface area (Å²) >= 11 is 0. The van der Waals surface area contributed by atoms with Gasteiger partial charge >= 0.3 is 6.09 Å². The molecule has 0 spiro atoms. The molecule has 1 aliphatic rings. The van der Waals surface area contributed by atoms with E-state index in [9.17, 15) is 14.9 Å². The van der Waals surface area contributed by atoms with Crippen molar-refractivity contribution >= 4 is 33.7 Å². The topological polar surface area (TPSA) is 95.0 Å². The number of nitro benzene ring substituents is 1. The van der Waals surface area contributed by atoms with E-state index in [2.05, 4.69) is 0 Å². The highest BCUT2D eigenvalue weighted by Gasteiger charge is 2.30. The molecule has 8 heteroatoms. The zero-order chi connectivity index (χ0) is 23.4. The number of amides is 1. The van der Waals surface area contributed by atoms with Crippen LogP contribution in [0.1, 0.15) is 52.5 Å². The standard InChI is InChI=1S/C22H24N2O6.C2H6/c1-13-5-4-6-14(2)23(13)22(25)29-12-15-9-18-17-8-7-16(28-3)10-20(17)30-21(18)11-19(15)24(26)27;1-2/h7-11,13-14H,4-6,12H2,1-3H3;1-2H3. The Kier molecular flexibility index (Phi) is 7.22. The maximum Gasteiger partial charge on any atom is 0.410 e. The van der Waals surface area contributed by atoms with Crippen LogP contribution in [0.2, 0.25) is 0 Å². The summed E-state index contributed by atoms with van der Waals surface area (Å²) in [7, 11) is 1.56. The summed E-state index contributed by atoms with van der Waals surface area (Å²) in [6.45, 7) is 7.82. The molecule has 1 saturated heterocycles. The Morgan fingerprint density at radius 3 is 2.41 bits per heavy atom. The molecule has 2 heterocycles. The van der Waals surface area contributed by atoms with E-state index in [0.717, 1.165) is 30.0 Å². The minimum atomic E-state index is -0.484. The minimum Gasteiger partial charge on any atom is -0.497 e. The summed E-state index contributed by atoms with van der Waals surface area (Å²) in [5, 5.41) is 13.2. The number of fused-ring (bicyclic) bond motifs is 3. The van der Waals surface area contributed by atoms with Crippen LogP contribution < -0.4 is 4.74 Å². The third-order valence-electron chi connectivity index (χ3n) is 5.83. The maximum absolute atomic E-state index is 12.7. The lowest BCUT2D eigenvalue weighted by Crippen LogP contribution is -2.47. The van der Waals surface area contributed by atoms with Crippen molar-refractivity contribution in [3.63, 3.8) is 0 Å². The van der Waals surface area contributed by atoms with Crippen molar-refractivity contribution in [1.29, 1.82) is 0 Å². The summed E-state index contributed by atoms with van der Waals surface area (Å²) in [5.74, 6) is 0.634. The van der Waals surface area contributed by atoms with Crippen LogP contribution in [-0.2, 0) is 11.3 Å². The third-order valence-corrected chi connectivity index (χ3v) is 5.83. The van der Waals surface area contributed by atoms with E-state index in [4.69, 9.17) is 13.9 Å². The SMILES string of the molecule is CC.COc1ccc2c(c1)oc1cc([N+](=O)[O-])c(COC(=O)N3C(C)CCCC3C)cc12. The predicted molar refractivity (Wildman–Crippen MR) is 123 cm³/mol. The van der Waals surface area contributed by atoms with Gasteiger partial charge in [0.2, 0.25) is 0 Å². The first-order chi connectivity index (χ1) is 15.4. The first-order valence-corrected chi connectivity index (χ1v) is 11.0. The van der Waals surface area contributed by atoms with Gasteiger partial charge in [0, 0.05) is 28.9 Å². The molecule has 4 rings (SSSR count). The Hall–Kier alpha value is -3.29. The highest BCUT2D eigenvalue weighted by molar-refractivity contribution is 6.06. The molecule has 0 aliphatic carbocycles. The number of ether oxygens (including phenoxy) is 2. The van der Waals surface area contributed by atoms with E-state index in [1.165, 1.54) is 6.07 Å². The summed E-state index contributed by atoms with van der Waals surface area (Å²) in [6.07, 6.45) is 2.49. The Labute approximate surface area is 187 Å². The number of methoxy groups -OCH3 is 1. The van der Waals surface area contributed by atoms with Gasteiger partial charge in [-0.05, 0) is 51.3 Å². The molecule has 1 aliphatic heterocycles. The Balaban J connectivity index is 0.00000141. The predicted octanol–water partition coefficient (Wildman–Crippen LogP) is 6.43. The zero-order valence-corrected chi connectivity index (χ0v) is 19.2. The lowest BCUT2D eigenvalue weighted by Gasteiger charge is -2.37. The molecule has 0 saturated carbocycles. The highest BCUT2D eigenvalue weighted by Crippen LogP contribution is 2.35. The largest absolute Gasteiger partial charge is 0.497 e. The quantitative estimate of drug-likeness (QED) is 0.341. The van der Waals surface area contributed by atoms with Crippen LogP contribution in [0.15, 0.2) is 34.7 Å². The average molecular weight is 443 g/mol. The molecule has 1 aromatic heterocycles. The Morgan fingerprint density at radius 2 is 1.78 bits per heavy atom. The van der Waals surface area contributed by atoms with Crippen LogP contribution in [0.5, 0.6) is 5.75 Å². The number of likely N-dealkylation sites (tertiary alicyclic amines) is 1. The van der Waals surface area contributed by atoms with E-state index < -0.39 is 11.0 Å². The van der Waals surface area contributed by atoms with E-state index in [1.807, 2.05) is 33.8 Å². The number of benzene rings is 2. The molecule has 1 amide bonds. The molecule has 0 N–H and O–H groups in total. The molecule has 8 nitrogen and oxygen atoms in total. The molecule has 0 radical (unpaired) electrons. The normalized spacial score (nSPS) is 18.2. The second-order valence-corrected chi connectivity index (χ2v) is 7.79. The number of carbonyl (C=O) groups is 1. The summed E-state index contributed by atoms with van der Waals surface area (Å²) in [6, 6.07) is 8.62. The molecule has 1 fully saturated rings. The molecule has 3 aromatic rings. The fraction of sp³-hybridized carbons (Fsp3) is 0.458.